The van der Waals surface area contributed by atoms with Crippen molar-refractivity contribution in [3.05, 3.63) is 28.7 Å². The minimum atomic E-state index is -0.0233. The number of likely N-dealkylation sites (N-methyl/N-ethyl adjacent to an activating group) is 1. The fourth-order valence-electron chi connectivity index (χ4n) is 2.39. The molecule has 19 heavy (non-hydrogen) atoms. The van der Waals surface area contributed by atoms with Crippen LogP contribution in [0.5, 0.6) is 0 Å². The van der Waals surface area contributed by atoms with Crippen molar-refractivity contribution in [2.45, 2.75) is 12.5 Å². The second kappa shape index (κ2) is 6.50. The smallest absolute Gasteiger partial charge is 0.244 e. The maximum Gasteiger partial charge on any atom is 0.244 e. The van der Waals surface area contributed by atoms with Gasteiger partial charge >= 0.3 is 0 Å². The molecule has 104 valence electrons. The molecule has 1 unspecified atom stereocenters. The predicted octanol–water partition coefficient (Wildman–Crippen LogP) is 1.71. The molecule has 0 radical (unpaired) electrons. The number of amides is 1. The Morgan fingerprint density at radius 3 is 2.63 bits per heavy atom. The zero-order valence-corrected chi connectivity index (χ0v) is 13.0. The van der Waals surface area contributed by atoms with Crippen LogP contribution in [0.15, 0.2) is 28.7 Å². The molecule has 5 heteroatoms. The third-order valence-electron chi connectivity index (χ3n) is 3.57. The van der Waals surface area contributed by atoms with E-state index >= 15 is 0 Å². The number of piperazine rings is 1. The van der Waals surface area contributed by atoms with Crippen molar-refractivity contribution < 1.29 is 4.79 Å². The molecule has 1 aliphatic heterocycles. The Balaban J connectivity index is 2.13. The first-order valence-corrected chi connectivity index (χ1v) is 7.34. The summed E-state index contributed by atoms with van der Waals surface area (Å²) in [6.07, 6.45) is 0.846. The average Bonchev–Trinajstić information content (AvgIpc) is 2.40. The van der Waals surface area contributed by atoms with Crippen molar-refractivity contribution in [3.63, 3.8) is 0 Å². The summed E-state index contributed by atoms with van der Waals surface area (Å²) in [6, 6.07) is 7.91. The number of nitrogens with zero attached hydrogens (tertiary/aromatic N) is 2. The SMILES string of the molecule is CNCCC1C(=O)N(c2ccc(Br)cc2)CCN1C. The summed E-state index contributed by atoms with van der Waals surface area (Å²) in [5.41, 5.74) is 0.982. The summed E-state index contributed by atoms with van der Waals surface area (Å²) < 4.78 is 1.03. The van der Waals surface area contributed by atoms with Gasteiger partial charge in [-0.05, 0) is 51.3 Å². The summed E-state index contributed by atoms with van der Waals surface area (Å²) >= 11 is 3.42. The quantitative estimate of drug-likeness (QED) is 0.915. The highest BCUT2D eigenvalue weighted by atomic mass is 79.9. The molecule has 0 bridgehead atoms. The summed E-state index contributed by atoms with van der Waals surface area (Å²) in [4.78, 5) is 16.6. The molecule has 0 aromatic heterocycles. The van der Waals surface area contributed by atoms with Gasteiger partial charge in [0.15, 0.2) is 0 Å². The Hall–Kier alpha value is -0.910. The first kappa shape index (κ1) is 14.5. The normalized spacial score (nSPS) is 20.9. The van der Waals surface area contributed by atoms with Crippen LogP contribution in [0.1, 0.15) is 6.42 Å². The number of halogens is 1. The van der Waals surface area contributed by atoms with Crippen LogP contribution in [0.2, 0.25) is 0 Å². The lowest BCUT2D eigenvalue weighted by Crippen LogP contribution is -2.56. The largest absolute Gasteiger partial charge is 0.320 e. The van der Waals surface area contributed by atoms with Crippen molar-refractivity contribution >= 4 is 27.5 Å². The molecule has 1 heterocycles. The van der Waals surface area contributed by atoms with Gasteiger partial charge in [0.05, 0.1) is 6.04 Å². The highest BCUT2D eigenvalue weighted by Gasteiger charge is 2.32. The van der Waals surface area contributed by atoms with Crippen molar-refractivity contribution in [1.29, 1.82) is 0 Å². The fraction of sp³-hybridized carbons (Fsp3) is 0.500. The van der Waals surface area contributed by atoms with Gasteiger partial charge in [-0.2, -0.15) is 0 Å². The number of hydrogen-bond acceptors (Lipinski definition) is 3. The molecule has 0 spiro atoms. The Morgan fingerprint density at radius 1 is 1.32 bits per heavy atom. The van der Waals surface area contributed by atoms with Gasteiger partial charge in [-0.25, -0.2) is 0 Å². The Labute approximate surface area is 122 Å². The van der Waals surface area contributed by atoms with E-state index in [0.717, 1.165) is 36.2 Å². The molecule has 0 aliphatic carbocycles. The van der Waals surface area contributed by atoms with Crippen LogP contribution in [0.25, 0.3) is 0 Å². The zero-order chi connectivity index (χ0) is 13.8. The van der Waals surface area contributed by atoms with Crippen molar-refractivity contribution in [2.24, 2.45) is 0 Å². The standard InChI is InChI=1S/C14H20BrN3O/c1-16-8-7-13-14(19)18(10-9-17(13)2)12-5-3-11(15)4-6-12/h3-6,13,16H,7-10H2,1-2H3. The van der Waals surface area contributed by atoms with Gasteiger partial charge in [0.1, 0.15) is 0 Å². The van der Waals surface area contributed by atoms with Crippen LogP contribution in [-0.2, 0) is 4.79 Å². The van der Waals surface area contributed by atoms with Crippen LogP contribution < -0.4 is 10.2 Å². The van der Waals surface area contributed by atoms with E-state index in [1.54, 1.807) is 0 Å². The summed E-state index contributed by atoms with van der Waals surface area (Å²) in [5.74, 6) is 0.200. The fourth-order valence-corrected chi connectivity index (χ4v) is 2.66. The minimum Gasteiger partial charge on any atom is -0.320 e. The molecular weight excluding hydrogens is 306 g/mol. The molecule has 4 nitrogen and oxygen atoms in total. The van der Waals surface area contributed by atoms with E-state index in [4.69, 9.17) is 0 Å². The molecule has 1 aromatic carbocycles. The van der Waals surface area contributed by atoms with E-state index in [1.165, 1.54) is 0 Å². The van der Waals surface area contributed by atoms with Crippen molar-refractivity contribution in [3.8, 4) is 0 Å². The Morgan fingerprint density at radius 2 is 2.00 bits per heavy atom. The number of nitrogens with one attached hydrogen (secondary N) is 1. The summed E-state index contributed by atoms with van der Waals surface area (Å²) in [5, 5.41) is 3.11. The van der Waals surface area contributed by atoms with Crippen molar-refractivity contribution in [2.75, 3.05) is 38.6 Å². The van der Waals surface area contributed by atoms with E-state index in [-0.39, 0.29) is 11.9 Å². The molecule has 0 saturated carbocycles. The molecule has 1 aromatic rings. The number of anilines is 1. The highest BCUT2D eigenvalue weighted by molar-refractivity contribution is 9.10. The predicted molar refractivity (Wildman–Crippen MR) is 81.5 cm³/mol. The molecule has 1 amide bonds. The first-order chi connectivity index (χ1) is 9.13. The van der Waals surface area contributed by atoms with E-state index in [0.29, 0.717) is 0 Å². The van der Waals surface area contributed by atoms with Gasteiger partial charge in [-0.15, -0.1) is 0 Å². The Kier molecular flexibility index (Phi) is 4.96. The average molecular weight is 326 g/mol. The monoisotopic (exact) mass is 325 g/mol. The molecule has 2 rings (SSSR count). The molecule has 1 fully saturated rings. The lowest BCUT2D eigenvalue weighted by Gasteiger charge is -2.38. The summed E-state index contributed by atoms with van der Waals surface area (Å²) in [7, 11) is 3.94. The maximum atomic E-state index is 12.6. The second-order valence-corrected chi connectivity index (χ2v) is 5.77. The number of hydrogen-bond donors (Lipinski definition) is 1. The lowest BCUT2D eigenvalue weighted by atomic mass is 10.1. The second-order valence-electron chi connectivity index (χ2n) is 4.85. The Bertz CT molecular complexity index is 435. The van der Waals surface area contributed by atoms with Gasteiger partial charge in [0.25, 0.3) is 0 Å². The van der Waals surface area contributed by atoms with E-state index in [2.05, 4.69) is 26.1 Å². The topological polar surface area (TPSA) is 35.6 Å². The number of carbonyl (C=O) groups excluding carboxylic acids is 1. The first-order valence-electron chi connectivity index (χ1n) is 6.55. The van der Waals surface area contributed by atoms with Crippen LogP contribution in [0.3, 0.4) is 0 Å². The molecule has 1 saturated heterocycles. The molecular formula is C14H20BrN3O. The van der Waals surface area contributed by atoms with Gasteiger partial charge in [0, 0.05) is 23.2 Å². The van der Waals surface area contributed by atoms with Gasteiger partial charge in [-0.1, -0.05) is 15.9 Å². The minimum absolute atomic E-state index is 0.0233. The molecule has 1 atom stereocenters. The third-order valence-corrected chi connectivity index (χ3v) is 4.09. The van der Waals surface area contributed by atoms with Gasteiger partial charge < -0.3 is 10.2 Å². The van der Waals surface area contributed by atoms with Crippen molar-refractivity contribution in [1.82, 2.24) is 10.2 Å². The van der Waals surface area contributed by atoms with E-state index in [1.807, 2.05) is 43.3 Å². The lowest BCUT2D eigenvalue weighted by molar-refractivity contribution is -0.125. The molecule has 1 N–H and O–H groups in total. The van der Waals surface area contributed by atoms with Gasteiger partial charge in [0.2, 0.25) is 5.91 Å². The maximum absolute atomic E-state index is 12.6. The highest BCUT2D eigenvalue weighted by Crippen LogP contribution is 2.22. The third kappa shape index (κ3) is 3.35. The number of carbonyl (C=O) groups is 1. The van der Waals surface area contributed by atoms with E-state index < -0.39 is 0 Å². The van der Waals surface area contributed by atoms with Crippen LogP contribution >= 0.6 is 15.9 Å². The van der Waals surface area contributed by atoms with E-state index in [9.17, 15) is 4.79 Å². The van der Waals surface area contributed by atoms with Gasteiger partial charge in [-0.3, -0.25) is 9.69 Å². The number of rotatable bonds is 4. The number of benzene rings is 1. The van der Waals surface area contributed by atoms with Crippen LogP contribution in [0, 0.1) is 0 Å². The van der Waals surface area contributed by atoms with Crippen LogP contribution in [0.4, 0.5) is 5.69 Å². The summed E-state index contributed by atoms with van der Waals surface area (Å²) in [6.45, 7) is 2.53. The van der Waals surface area contributed by atoms with Crippen LogP contribution in [-0.4, -0.2) is 50.6 Å². The molecule has 1 aliphatic rings. The zero-order valence-electron chi connectivity index (χ0n) is 11.4.